The second-order valence-corrected chi connectivity index (χ2v) is 6.01. The van der Waals surface area contributed by atoms with Crippen LogP contribution in [-0.2, 0) is 9.47 Å². The fourth-order valence-corrected chi connectivity index (χ4v) is 3.03. The smallest absolute Gasteiger partial charge is 0.344 e. The van der Waals surface area contributed by atoms with Crippen LogP contribution in [0.15, 0.2) is 64.9 Å². The third kappa shape index (κ3) is 3.32. The Morgan fingerprint density at radius 1 is 1.04 bits per heavy atom. The molecule has 0 saturated heterocycles. The quantitative estimate of drug-likeness (QED) is 0.280. The molecule has 0 spiro atoms. The van der Waals surface area contributed by atoms with E-state index in [9.17, 15) is 14.4 Å². The Balaban J connectivity index is 2.41. The predicted octanol–water partition coefficient (Wildman–Crippen LogP) is 3.94. The maximum atomic E-state index is 12.8. The van der Waals surface area contributed by atoms with Crippen molar-refractivity contribution in [1.82, 2.24) is 0 Å². The van der Waals surface area contributed by atoms with Crippen LogP contribution in [0.25, 0.3) is 21.7 Å². The van der Waals surface area contributed by atoms with Gasteiger partial charge in [0.15, 0.2) is 0 Å². The summed E-state index contributed by atoms with van der Waals surface area (Å²) in [7, 11) is 0. The van der Waals surface area contributed by atoms with Crippen molar-refractivity contribution in [2.45, 2.75) is 6.92 Å². The highest BCUT2D eigenvalue weighted by Crippen LogP contribution is 2.31. The predicted molar refractivity (Wildman–Crippen MR) is 106 cm³/mol. The van der Waals surface area contributed by atoms with Gasteiger partial charge in [-0.05, 0) is 24.6 Å². The van der Waals surface area contributed by atoms with Gasteiger partial charge in [0, 0.05) is 10.8 Å². The minimum Gasteiger partial charge on any atom is -0.458 e. The Morgan fingerprint density at radius 2 is 1.68 bits per heavy atom. The van der Waals surface area contributed by atoms with Crippen molar-refractivity contribution < 1.29 is 23.5 Å². The SMILES string of the molecule is C=CCOC(=O)c1cc2c(=O)oc3ccccc3c2c(C(=O)OCC=C)c1C. The van der Waals surface area contributed by atoms with Crippen LogP contribution in [0, 0.1) is 6.92 Å². The van der Waals surface area contributed by atoms with E-state index in [1.165, 1.54) is 18.2 Å². The summed E-state index contributed by atoms with van der Waals surface area (Å²) in [4.78, 5) is 37.9. The van der Waals surface area contributed by atoms with Gasteiger partial charge in [-0.25, -0.2) is 14.4 Å². The summed E-state index contributed by atoms with van der Waals surface area (Å²) < 4.78 is 15.7. The summed E-state index contributed by atoms with van der Waals surface area (Å²) in [5.74, 6) is -1.35. The van der Waals surface area contributed by atoms with E-state index >= 15 is 0 Å². The molecule has 0 aliphatic rings. The zero-order valence-electron chi connectivity index (χ0n) is 15.3. The molecule has 0 radical (unpaired) electrons. The molecule has 0 unspecified atom stereocenters. The monoisotopic (exact) mass is 378 g/mol. The molecule has 6 nitrogen and oxygen atoms in total. The number of benzene rings is 2. The van der Waals surface area contributed by atoms with E-state index in [4.69, 9.17) is 13.9 Å². The van der Waals surface area contributed by atoms with Crippen molar-refractivity contribution in [1.29, 1.82) is 0 Å². The molecular weight excluding hydrogens is 360 g/mol. The Morgan fingerprint density at radius 3 is 2.36 bits per heavy atom. The normalized spacial score (nSPS) is 10.6. The van der Waals surface area contributed by atoms with E-state index in [1.54, 1.807) is 31.2 Å². The zero-order chi connectivity index (χ0) is 20.3. The molecule has 0 amide bonds. The van der Waals surface area contributed by atoms with Gasteiger partial charge in [-0.15, -0.1) is 0 Å². The van der Waals surface area contributed by atoms with Gasteiger partial charge in [0.2, 0.25) is 0 Å². The van der Waals surface area contributed by atoms with Crippen molar-refractivity contribution in [3.05, 3.63) is 82.8 Å². The lowest BCUT2D eigenvalue weighted by molar-refractivity contribution is 0.0548. The molecule has 0 aliphatic carbocycles. The van der Waals surface area contributed by atoms with Gasteiger partial charge in [0.25, 0.3) is 0 Å². The van der Waals surface area contributed by atoms with Crippen molar-refractivity contribution in [3.63, 3.8) is 0 Å². The first kappa shape index (κ1) is 19.1. The second kappa shape index (κ2) is 7.92. The number of carbonyl (C=O) groups is 2. The van der Waals surface area contributed by atoms with Crippen LogP contribution >= 0.6 is 0 Å². The Kier molecular flexibility index (Phi) is 5.40. The lowest BCUT2D eigenvalue weighted by Gasteiger charge is -2.14. The second-order valence-electron chi connectivity index (χ2n) is 6.01. The molecule has 28 heavy (non-hydrogen) atoms. The van der Waals surface area contributed by atoms with Crippen LogP contribution in [-0.4, -0.2) is 25.2 Å². The number of fused-ring (bicyclic) bond motifs is 3. The molecule has 0 fully saturated rings. The Labute approximate surface area is 160 Å². The van der Waals surface area contributed by atoms with Gasteiger partial charge in [-0.2, -0.15) is 0 Å². The summed E-state index contributed by atoms with van der Waals surface area (Å²) in [6.07, 6.45) is 2.86. The Hall–Kier alpha value is -3.67. The maximum absolute atomic E-state index is 12.8. The van der Waals surface area contributed by atoms with Crippen molar-refractivity contribution in [2.75, 3.05) is 13.2 Å². The molecule has 2 aromatic carbocycles. The minimum absolute atomic E-state index is 0.00111. The number of hydrogen-bond donors (Lipinski definition) is 0. The fraction of sp³-hybridized carbons (Fsp3) is 0.136. The lowest BCUT2D eigenvalue weighted by Crippen LogP contribution is -2.16. The maximum Gasteiger partial charge on any atom is 0.344 e. The van der Waals surface area contributed by atoms with Gasteiger partial charge < -0.3 is 13.9 Å². The third-order valence-electron chi connectivity index (χ3n) is 4.25. The highest BCUT2D eigenvalue weighted by atomic mass is 16.5. The van der Waals surface area contributed by atoms with Gasteiger partial charge in [-0.3, -0.25) is 0 Å². The largest absolute Gasteiger partial charge is 0.458 e. The number of hydrogen-bond acceptors (Lipinski definition) is 6. The van der Waals surface area contributed by atoms with Crippen molar-refractivity contribution in [3.8, 4) is 0 Å². The van der Waals surface area contributed by atoms with Gasteiger partial charge in [0.1, 0.15) is 18.8 Å². The molecule has 0 atom stereocenters. The lowest BCUT2D eigenvalue weighted by atomic mass is 9.93. The number of ether oxygens (including phenoxy) is 2. The summed E-state index contributed by atoms with van der Waals surface area (Å²) in [6, 6.07) is 8.25. The molecule has 6 heteroatoms. The number of rotatable bonds is 6. The van der Waals surface area contributed by atoms with Crippen molar-refractivity contribution in [2.24, 2.45) is 0 Å². The molecule has 3 rings (SSSR count). The summed E-state index contributed by atoms with van der Waals surface area (Å²) in [6.45, 7) is 8.63. The van der Waals surface area contributed by atoms with Crippen LogP contribution in [0.1, 0.15) is 26.3 Å². The van der Waals surface area contributed by atoms with E-state index in [0.29, 0.717) is 21.9 Å². The van der Waals surface area contributed by atoms with Crippen molar-refractivity contribution >= 4 is 33.7 Å². The minimum atomic E-state index is -0.676. The molecule has 3 aromatic rings. The van der Waals surface area contributed by atoms with Crippen LogP contribution in [0.3, 0.4) is 0 Å². The van der Waals surface area contributed by atoms with Gasteiger partial charge in [-0.1, -0.05) is 43.5 Å². The average molecular weight is 378 g/mol. The van der Waals surface area contributed by atoms with Crippen LogP contribution in [0.4, 0.5) is 0 Å². The number of para-hydroxylation sites is 1. The highest BCUT2D eigenvalue weighted by Gasteiger charge is 2.25. The van der Waals surface area contributed by atoms with E-state index in [2.05, 4.69) is 13.2 Å². The molecule has 0 N–H and O–H groups in total. The number of esters is 2. The summed E-state index contributed by atoms with van der Waals surface area (Å²) in [5, 5.41) is 1.04. The molecule has 1 heterocycles. The molecular formula is C22H18O6. The number of carbonyl (C=O) groups excluding carboxylic acids is 2. The average Bonchev–Trinajstić information content (AvgIpc) is 2.69. The van der Waals surface area contributed by atoms with Gasteiger partial charge in [0.05, 0.1) is 16.5 Å². The van der Waals surface area contributed by atoms with E-state index in [1.807, 2.05) is 0 Å². The molecule has 0 aliphatic heterocycles. The van der Waals surface area contributed by atoms with E-state index in [-0.39, 0.29) is 29.7 Å². The highest BCUT2D eigenvalue weighted by molar-refractivity contribution is 6.17. The van der Waals surface area contributed by atoms with E-state index < -0.39 is 17.6 Å². The molecule has 1 aromatic heterocycles. The van der Waals surface area contributed by atoms with Crippen LogP contribution in [0.5, 0.6) is 0 Å². The first-order valence-corrected chi connectivity index (χ1v) is 8.54. The topological polar surface area (TPSA) is 82.8 Å². The van der Waals surface area contributed by atoms with Crippen LogP contribution in [0.2, 0.25) is 0 Å². The molecule has 0 saturated carbocycles. The summed E-state index contributed by atoms with van der Waals surface area (Å²) in [5.41, 5.74) is 0.228. The fourth-order valence-electron chi connectivity index (χ4n) is 3.03. The van der Waals surface area contributed by atoms with E-state index in [0.717, 1.165) is 0 Å². The molecule has 0 bridgehead atoms. The summed E-state index contributed by atoms with van der Waals surface area (Å²) >= 11 is 0. The molecule has 142 valence electrons. The third-order valence-corrected chi connectivity index (χ3v) is 4.25. The van der Waals surface area contributed by atoms with Crippen LogP contribution < -0.4 is 5.63 Å². The Bertz CT molecular complexity index is 1170. The standard InChI is InChI=1S/C22H18O6/c1-4-10-26-20(23)15-12-16-19(18(13(15)3)22(25)27-11-5-2)14-8-6-7-9-17(14)28-21(16)24/h4-9,12H,1-2,10-11H2,3H3. The first-order valence-electron chi connectivity index (χ1n) is 8.54. The van der Waals surface area contributed by atoms with Gasteiger partial charge >= 0.3 is 17.6 Å². The zero-order valence-corrected chi connectivity index (χ0v) is 15.3. The first-order chi connectivity index (χ1) is 13.5.